The third-order valence-corrected chi connectivity index (χ3v) is 2.82. The summed E-state index contributed by atoms with van der Waals surface area (Å²) in [6.07, 6.45) is 3.20. The van der Waals surface area contributed by atoms with Crippen molar-refractivity contribution in [2.45, 2.75) is 6.04 Å². The summed E-state index contributed by atoms with van der Waals surface area (Å²) in [5.41, 5.74) is 6.13. The van der Waals surface area contributed by atoms with Crippen LogP contribution in [0, 0.1) is 0 Å². The number of amidine groups is 1. The highest BCUT2D eigenvalue weighted by Gasteiger charge is 2.24. The first-order chi connectivity index (χ1) is 6.77. The van der Waals surface area contributed by atoms with Crippen molar-refractivity contribution in [2.24, 2.45) is 10.7 Å². The Bertz CT molecular complexity index is 377. The smallest absolute Gasteiger partial charge is 0.188 e. The molecule has 0 amide bonds. The summed E-state index contributed by atoms with van der Waals surface area (Å²) in [6.45, 7) is 0. The van der Waals surface area contributed by atoms with Gasteiger partial charge in [0.2, 0.25) is 0 Å². The predicted octanol–water partition coefficient (Wildman–Crippen LogP) is 0.694. The van der Waals surface area contributed by atoms with Crippen LogP contribution in [0.3, 0.4) is 0 Å². The largest absolute Gasteiger partial charge is 0.379 e. The summed E-state index contributed by atoms with van der Waals surface area (Å²) in [6, 6.07) is 3.07. The number of ketones is 1. The summed E-state index contributed by atoms with van der Waals surface area (Å²) < 4.78 is 0. The van der Waals surface area contributed by atoms with E-state index in [1.165, 1.54) is 11.8 Å². The molecule has 72 valence electrons. The molecule has 0 unspecified atom stereocenters. The fraction of sp³-hybridized carbons (Fsp3) is 0.222. The minimum absolute atomic E-state index is 0.0142. The normalized spacial score (nSPS) is 20.6. The van der Waals surface area contributed by atoms with Gasteiger partial charge in [-0.3, -0.25) is 14.8 Å². The lowest BCUT2D eigenvalue weighted by atomic mass is 10.1. The van der Waals surface area contributed by atoms with Gasteiger partial charge in [0.05, 0.1) is 0 Å². The lowest BCUT2D eigenvalue weighted by Crippen LogP contribution is -2.18. The molecule has 0 aromatic carbocycles. The number of carbonyl (C=O) groups excluding carboxylic acids is 1. The van der Waals surface area contributed by atoms with Gasteiger partial charge >= 0.3 is 0 Å². The van der Waals surface area contributed by atoms with Crippen LogP contribution in [-0.4, -0.2) is 27.7 Å². The van der Waals surface area contributed by atoms with E-state index in [4.69, 9.17) is 5.73 Å². The van der Waals surface area contributed by atoms with E-state index in [1.54, 1.807) is 24.5 Å². The fourth-order valence-electron chi connectivity index (χ4n) is 1.24. The molecule has 1 aromatic rings. The fourth-order valence-corrected chi connectivity index (χ4v) is 1.99. The minimum Gasteiger partial charge on any atom is -0.379 e. The molecule has 4 nitrogen and oxygen atoms in total. The van der Waals surface area contributed by atoms with Crippen LogP contribution in [0.25, 0.3) is 0 Å². The van der Waals surface area contributed by atoms with E-state index in [1.807, 2.05) is 0 Å². The molecule has 0 bridgehead atoms. The summed E-state index contributed by atoms with van der Waals surface area (Å²) in [5, 5.41) is 0.498. The molecule has 1 aromatic heterocycles. The number of nitrogens with two attached hydrogens (primary N) is 1. The van der Waals surface area contributed by atoms with Crippen LogP contribution in [0.4, 0.5) is 0 Å². The Morgan fingerprint density at radius 1 is 1.50 bits per heavy atom. The van der Waals surface area contributed by atoms with Crippen molar-refractivity contribution >= 4 is 22.7 Å². The summed E-state index contributed by atoms with van der Waals surface area (Å²) >= 11 is 1.42. The Morgan fingerprint density at radius 3 is 2.79 bits per heavy atom. The number of thioether (sulfide) groups is 1. The van der Waals surface area contributed by atoms with Crippen LogP contribution in [0.2, 0.25) is 0 Å². The molecule has 0 aliphatic carbocycles. The highest BCUT2D eigenvalue weighted by molar-refractivity contribution is 8.14. The topological polar surface area (TPSA) is 68.3 Å². The number of aliphatic imine (C=N–C) groups is 1. The molecular weight excluding hydrogens is 198 g/mol. The van der Waals surface area contributed by atoms with Gasteiger partial charge in [-0.15, -0.1) is 0 Å². The number of nitrogens with zero attached hydrogens (tertiary/aromatic N) is 2. The SMILES string of the molecule is NC1=N[C@H](C(=O)c2ccncc2)CS1. The summed E-state index contributed by atoms with van der Waals surface area (Å²) in [7, 11) is 0. The van der Waals surface area contributed by atoms with E-state index < -0.39 is 0 Å². The number of hydrogen-bond donors (Lipinski definition) is 1. The molecule has 0 radical (unpaired) electrons. The second-order valence-electron chi connectivity index (χ2n) is 2.89. The Kier molecular flexibility index (Phi) is 2.49. The van der Waals surface area contributed by atoms with Gasteiger partial charge in [-0.2, -0.15) is 0 Å². The second kappa shape index (κ2) is 3.79. The van der Waals surface area contributed by atoms with E-state index in [0.29, 0.717) is 16.5 Å². The number of rotatable bonds is 2. The third-order valence-electron chi connectivity index (χ3n) is 1.94. The monoisotopic (exact) mass is 207 g/mol. The van der Waals surface area contributed by atoms with Crippen LogP contribution in [0.5, 0.6) is 0 Å². The van der Waals surface area contributed by atoms with Crippen LogP contribution >= 0.6 is 11.8 Å². The van der Waals surface area contributed by atoms with E-state index in [-0.39, 0.29) is 11.8 Å². The van der Waals surface area contributed by atoms with E-state index in [9.17, 15) is 4.79 Å². The van der Waals surface area contributed by atoms with Crippen molar-refractivity contribution in [3.8, 4) is 0 Å². The van der Waals surface area contributed by atoms with Crippen LogP contribution < -0.4 is 5.73 Å². The minimum atomic E-state index is -0.317. The van der Waals surface area contributed by atoms with Gasteiger partial charge in [0, 0.05) is 23.7 Å². The van der Waals surface area contributed by atoms with Gasteiger partial charge in [0.15, 0.2) is 11.0 Å². The van der Waals surface area contributed by atoms with Gasteiger partial charge in [-0.05, 0) is 12.1 Å². The molecule has 2 rings (SSSR count). The first kappa shape index (κ1) is 9.21. The van der Waals surface area contributed by atoms with Gasteiger partial charge in [-0.1, -0.05) is 11.8 Å². The number of aromatic nitrogens is 1. The summed E-state index contributed by atoms with van der Waals surface area (Å²) in [4.78, 5) is 19.7. The molecule has 2 N–H and O–H groups in total. The Morgan fingerprint density at radius 2 is 2.21 bits per heavy atom. The maximum Gasteiger partial charge on any atom is 0.188 e. The quantitative estimate of drug-likeness (QED) is 0.725. The van der Waals surface area contributed by atoms with Crippen LogP contribution in [0.15, 0.2) is 29.5 Å². The van der Waals surface area contributed by atoms with Crippen molar-refractivity contribution in [3.05, 3.63) is 30.1 Å². The number of hydrogen-bond acceptors (Lipinski definition) is 5. The van der Waals surface area contributed by atoms with Gasteiger partial charge in [-0.25, -0.2) is 0 Å². The lowest BCUT2D eigenvalue weighted by molar-refractivity contribution is 0.0971. The molecule has 1 aliphatic rings. The molecule has 14 heavy (non-hydrogen) atoms. The zero-order valence-corrected chi connectivity index (χ0v) is 8.20. The average Bonchev–Trinajstić information content (AvgIpc) is 2.65. The Labute approximate surface area is 85.6 Å². The van der Waals surface area contributed by atoms with E-state index in [2.05, 4.69) is 9.98 Å². The maximum absolute atomic E-state index is 11.8. The van der Waals surface area contributed by atoms with Crippen molar-refractivity contribution in [1.82, 2.24) is 4.98 Å². The highest BCUT2D eigenvalue weighted by Crippen LogP contribution is 2.18. The van der Waals surface area contributed by atoms with Gasteiger partial charge < -0.3 is 5.73 Å². The molecule has 1 atom stereocenters. The molecule has 0 fully saturated rings. The van der Waals surface area contributed by atoms with Crippen LogP contribution in [0.1, 0.15) is 10.4 Å². The zero-order chi connectivity index (χ0) is 9.97. The molecular formula is C9H9N3OS. The summed E-state index contributed by atoms with van der Waals surface area (Å²) in [5.74, 6) is 0.660. The molecule has 0 saturated heterocycles. The number of Topliss-reactive ketones (excluding diaryl/α,β-unsaturated/α-hetero) is 1. The average molecular weight is 207 g/mol. The molecule has 5 heteroatoms. The molecule has 0 saturated carbocycles. The Hall–Kier alpha value is -1.36. The Balaban J connectivity index is 2.18. The second-order valence-corrected chi connectivity index (χ2v) is 3.93. The van der Waals surface area contributed by atoms with Crippen molar-refractivity contribution in [3.63, 3.8) is 0 Å². The first-order valence-electron chi connectivity index (χ1n) is 4.17. The molecule has 2 heterocycles. The zero-order valence-electron chi connectivity index (χ0n) is 7.38. The van der Waals surface area contributed by atoms with Gasteiger partial charge in [0.1, 0.15) is 6.04 Å². The third kappa shape index (κ3) is 1.77. The number of carbonyl (C=O) groups is 1. The van der Waals surface area contributed by atoms with E-state index in [0.717, 1.165) is 0 Å². The standard InChI is InChI=1S/C9H9N3OS/c10-9-12-7(5-14-9)8(13)6-1-3-11-4-2-6/h1-4,7H,5H2,(H2,10,12)/t7-/m0/s1. The van der Waals surface area contributed by atoms with E-state index >= 15 is 0 Å². The highest BCUT2D eigenvalue weighted by atomic mass is 32.2. The van der Waals surface area contributed by atoms with Crippen LogP contribution in [-0.2, 0) is 0 Å². The maximum atomic E-state index is 11.8. The van der Waals surface area contributed by atoms with Crippen molar-refractivity contribution in [2.75, 3.05) is 5.75 Å². The predicted molar refractivity (Wildman–Crippen MR) is 56.4 cm³/mol. The van der Waals surface area contributed by atoms with Gasteiger partial charge in [0.25, 0.3) is 0 Å². The van der Waals surface area contributed by atoms with Crippen molar-refractivity contribution in [1.29, 1.82) is 0 Å². The lowest BCUT2D eigenvalue weighted by Gasteiger charge is -2.03. The molecule has 1 aliphatic heterocycles. The van der Waals surface area contributed by atoms with Crippen molar-refractivity contribution < 1.29 is 4.79 Å². The first-order valence-corrected chi connectivity index (χ1v) is 5.16. The number of pyridine rings is 1. The molecule has 0 spiro atoms.